The van der Waals surface area contributed by atoms with Crippen LogP contribution < -0.4 is 5.32 Å². The van der Waals surface area contributed by atoms with Gasteiger partial charge < -0.3 is 5.32 Å². The average Bonchev–Trinajstić information content (AvgIpc) is 3.36. The lowest BCUT2D eigenvalue weighted by Gasteiger charge is -2.26. The third kappa shape index (κ3) is 2.95. The molecule has 0 aliphatic carbocycles. The molecule has 1 aromatic carbocycles. The molecule has 3 heterocycles. The van der Waals surface area contributed by atoms with Crippen LogP contribution in [-0.2, 0) is 0 Å². The monoisotopic (exact) mass is 340 g/mol. The van der Waals surface area contributed by atoms with Gasteiger partial charge >= 0.3 is 0 Å². The number of amides is 1. The molecule has 1 aliphatic heterocycles. The zero-order valence-corrected chi connectivity index (χ0v) is 14.2. The molecule has 0 bridgehead atoms. The van der Waals surface area contributed by atoms with E-state index in [0.29, 0.717) is 12.2 Å². The van der Waals surface area contributed by atoms with Gasteiger partial charge in [-0.2, -0.15) is 5.10 Å². The van der Waals surface area contributed by atoms with Crippen LogP contribution in [0.25, 0.3) is 10.9 Å². The Morgan fingerprint density at radius 2 is 2.08 bits per heavy atom. The Morgan fingerprint density at radius 1 is 1.25 bits per heavy atom. The average molecular weight is 340 g/mol. The Hall–Kier alpha value is -2.18. The van der Waals surface area contributed by atoms with Crippen molar-refractivity contribution in [2.75, 3.05) is 19.6 Å². The van der Waals surface area contributed by atoms with Gasteiger partial charge in [0.1, 0.15) is 0 Å². The molecule has 1 amide bonds. The molecule has 5 nitrogen and oxygen atoms in total. The van der Waals surface area contributed by atoms with Crippen molar-refractivity contribution in [1.29, 1.82) is 0 Å². The summed E-state index contributed by atoms with van der Waals surface area (Å²) in [7, 11) is 0. The van der Waals surface area contributed by atoms with Crippen LogP contribution in [0.2, 0.25) is 0 Å². The van der Waals surface area contributed by atoms with Crippen molar-refractivity contribution < 1.29 is 4.79 Å². The van der Waals surface area contributed by atoms with E-state index >= 15 is 0 Å². The van der Waals surface area contributed by atoms with Crippen molar-refractivity contribution in [3.8, 4) is 0 Å². The number of hydrogen-bond acceptors (Lipinski definition) is 4. The highest BCUT2D eigenvalue weighted by Gasteiger charge is 2.25. The summed E-state index contributed by atoms with van der Waals surface area (Å²) < 4.78 is 0. The van der Waals surface area contributed by atoms with E-state index in [2.05, 4.69) is 37.9 Å². The molecule has 2 aromatic heterocycles. The predicted molar refractivity (Wildman–Crippen MR) is 96.3 cm³/mol. The van der Waals surface area contributed by atoms with Crippen LogP contribution in [0, 0.1) is 0 Å². The van der Waals surface area contributed by atoms with Crippen LogP contribution in [0.15, 0.2) is 41.8 Å². The molecule has 3 aromatic rings. The minimum Gasteiger partial charge on any atom is -0.349 e. The molecule has 0 radical (unpaired) electrons. The van der Waals surface area contributed by atoms with E-state index in [1.165, 1.54) is 17.7 Å². The highest BCUT2D eigenvalue weighted by Crippen LogP contribution is 2.28. The maximum absolute atomic E-state index is 12.6. The van der Waals surface area contributed by atoms with E-state index < -0.39 is 0 Å². The van der Waals surface area contributed by atoms with Gasteiger partial charge in [-0.25, -0.2) is 0 Å². The van der Waals surface area contributed by atoms with E-state index in [0.717, 1.165) is 24.0 Å². The quantitative estimate of drug-likeness (QED) is 0.750. The number of H-pyrrole nitrogens is 1. The minimum atomic E-state index is -0.117. The fourth-order valence-electron chi connectivity index (χ4n) is 3.35. The highest BCUT2D eigenvalue weighted by molar-refractivity contribution is 7.10. The maximum Gasteiger partial charge on any atom is 0.272 e. The SMILES string of the molecule is O=C(NCC(c1cccs1)N1CCCC1)c1n[nH]c2ccccc12. The molecule has 1 atom stereocenters. The van der Waals surface area contributed by atoms with Crippen molar-refractivity contribution in [3.63, 3.8) is 0 Å². The first-order chi connectivity index (χ1) is 11.8. The molecule has 6 heteroatoms. The lowest BCUT2D eigenvalue weighted by atomic mass is 10.2. The first kappa shape index (κ1) is 15.4. The lowest BCUT2D eigenvalue weighted by Crippen LogP contribution is -2.36. The van der Waals surface area contributed by atoms with E-state index in [1.54, 1.807) is 11.3 Å². The summed E-state index contributed by atoms with van der Waals surface area (Å²) in [5, 5.41) is 13.2. The zero-order valence-electron chi connectivity index (χ0n) is 13.4. The van der Waals surface area contributed by atoms with Gasteiger partial charge in [-0.1, -0.05) is 24.3 Å². The largest absolute Gasteiger partial charge is 0.349 e. The van der Waals surface area contributed by atoms with E-state index in [-0.39, 0.29) is 11.9 Å². The fraction of sp³-hybridized carbons (Fsp3) is 0.333. The van der Waals surface area contributed by atoms with Crippen LogP contribution in [0.1, 0.15) is 34.2 Å². The highest BCUT2D eigenvalue weighted by atomic mass is 32.1. The maximum atomic E-state index is 12.6. The van der Waals surface area contributed by atoms with Crippen molar-refractivity contribution in [2.45, 2.75) is 18.9 Å². The zero-order chi connectivity index (χ0) is 16.4. The number of aromatic amines is 1. The second kappa shape index (κ2) is 6.75. The molecule has 0 spiro atoms. The molecule has 24 heavy (non-hydrogen) atoms. The molecule has 1 unspecified atom stereocenters. The van der Waals surface area contributed by atoms with Crippen molar-refractivity contribution in [2.24, 2.45) is 0 Å². The number of nitrogens with one attached hydrogen (secondary N) is 2. The third-order valence-electron chi connectivity index (χ3n) is 4.59. The van der Waals surface area contributed by atoms with E-state index in [9.17, 15) is 4.79 Å². The topological polar surface area (TPSA) is 61.0 Å². The van der Waals surface area contributed by atoms with Gasteiger partial charge in [0.2, 0.25) is 0 Å². The number of hydrogen-bond donors (Lipinski definition) is 2. The number of para-hydroxylation sites is 1. The molecule has 2 N–H and O–H groups in total. The van der Waals surface area contributed by atoms with Gasteiger partial charge in [0, 0.05) is 16.8 Å². The number of thiophene rings is 1. The predicted octanol–water partition coefficient (Wildman–Crippen LogP) is 3.19. The van der Waals surface area contributed by atoms with Crippen LogP contribution >= 0.6 is 11.3 Å². The number of nitrogens with zero attached hydrogens (tertiary/aromatic N) is 2. The first-order valence-electron chi connectivity index (χ1n) is 8.31. The Bertz CT molecular complexity index is 821. The second-order valence-electron chi connectivity index (χ2n) is 6.10. The summed E-state index contributed by atoms with van der Waals surface area (Å²) in [6.45, 7) is 2.81. The van der Waals surface area contributed by atoms with Crippen LogP contribution in [-0.4, -0.2) is 40.6 Å². The number of aromatic nitrogens is 2. The number of likely N-dealkylation sites (tertiary alicyclic amines) is 1. The van der Waals surface area contributed by atoms with Crippen molar-refractivity contribution >= 4 is 28.1 Å². The molecule has 1 saturated heterocycles. The van der Waals surface area contributed by atoms with Crippen molar-refractivity contribution in [1.82, 2.24) is 20.4 Å². The number of benzene rings is 1. The van der Waals surface area contributed by atoms with Gasteiger partial charge in [-0.05, 0) is 43.4 Å². The fourth-order valence-corrected chi connectivity index (χ4v) is 4.21. The van der Waals surface area contributed by atoms with Crippen LogP contribution in [0.4, 0.5) is 0 Å². The summed E-state index contributed by atoms with van der Waals surface area (Å²) in [6, 6.07) is 12.2. The van der Waals surface area contributed by atoms with Crippen molar-refractivity contribution in [3.05, 3.63) is 52.3 Å². The molecule has 1 aliphatic rings. The smallest absolute Gasteiger partial charge is 0.272 e. The summed E-state index contributed by atoms with van der Waals surface area (Å²) >= 11 is 1.75. The number of fused-ring (bicyclic) bond motifs is 1. The molecule has 0 saturated carbocycles. The van der Waals surface area contributed by atoms with Gasteiger partial charge in [-0.15, -0.1) is 11.3 Å². The first-order valence-corrected chi connectivity index (χ1v) is 9.19. The number of carbonyl (C=O) groups excluding carboxylic acids is 1. The molecule has 124 valence electrons. The molecule has 4 rings (SSSR count). The van der Waals surface area contributed by atoms with Gasteiger partial charge in [0.05, 0.1) is 11.6 Å². The summed E-state index contributed by atoms with van der Waals surface area (Å²) in [6.07, 6.45) is 2.47. The standard InChI is InChI=1S/C18H20N4OS/c23-18(17-13-6-1-2-7-14(13)20-21-17)19-12-15(16-8-5-11-24-16)22-9-3-4-10-22/h1-2,5-8,11,15H,3-4,9-10,12H2,(H,19,23)(H,20,21). The second-order valence-corrected chi connectivity index (χ2v) is 7.08. The molecule has 1 fully saturated rings. The number of rotatable bonds is 5. The van der Waals surface area contributed by atoms with E-state index in [1.807, 2.05) is 24.3 Å². The summed E-state index contributed by atoms with van der Waals surface area (Å²) in [5.74, 6) is -0.117. The molecular weight excluding hydrogens is 320 g/mol. The Labute approximate surface area is 144 Å². The van der Waals surface area contributed by atoms with Crippen LogP contribution in [0.5, 0.6) is 0 Å². The third-order valence-corrected chi connectivity index (χ3v) is 5.57. The summed E-state index contributed by atoms with van der Waals surface area (Å²) in [5.41, 5.74) is 1.36. The minimum absolute atomic E-state index is 0.117. The van der Waals surface area contributed by atoms with Gasteiger partial charge in [0.15, 0.2) is 5.69 Å². The van der Waals surface area contributed by atoms with E-state index in [4.69, 9.17) is 0 Å². The number of carbonyl (C=O) groups is 1. The van der Waals surface area contributed by atoms with Crippen LogP contribution in [0.3, 0.4) is 0 Å². The Morgan fingerprint density at radius 3 is 2.88 bits per heavy atom. The Balaban J connectivity index is 1.50. The van der Waals surface area contributed by atoms with Gasteiger partial charge in [0.25, 0.3) is 5.91 Å². The Kier molecular flexibility index (Phi) is 4.32. The molecular formula is C18H20N4OS. The van der Waals surface area contributed by atoms with Gasteiger partial charge in [-0.3, -0.25) is 14.8 Å². The summed E-state index contributed by atoms with van der Waals surface area (Å²) in [4.78, 5) is 16.4. The normalized spacial score (nSPS) is 16.5. The lowest BCUT2D eigenvalue weighted by molar-refractivity contribution is 0.0935.